The van der Waals surface area contributed by atoms with Crippen molar-refractivity contribution in [2.45, 2.75) is 70.7 Å². The normalized spacial score (nSPS) is 16.5. The molecule has 4 rings (SSSR count). The van der Waals surface area contributed by atoms with Gasteiger partial charge in [-0.3, -0.25) is 9.80 Å². The van der Waals surface area contributed by atoms with Gasteiger partial charge in [0.25, 0.3) is 0 Å². The molecule has 0 spiro atoms. The molecule has 1 saturated carbocycles. The number of hydrogen-bond acceptors (Lipinski definition) is 12. The molecule has 1 aliphatic rings. The van der Waals surface area contributed by atoms with Crippen molar-refractivity contribution in [1.29, 1.82) is 0 Å². The summed E-state index contributed by atoms with van der Waals surface area (Å²) in [4.78, 5) is 25.8. The number of aromatic nitrogens is 4. The Balaban J connectivity index is 1.46. The number of fused-ring (bicyclic) bond motifs is 1. The van der Waals surface area contributed by atoms with Crippen molar-refractivity contribution < 1.29 is 23.3 Å². The van der Waals surface area contributed by atoms with Crippen LogP contribution in [0.25, 0.3) is 11.2 Å². The van der Waals surface area contributed by atoms with Crippen molar-refractivity contribution in [3.63, 3.8) is 0 Å². The predicted octanol–water partition coefficient (Wildman–Crippen LogP) is 3.39. The van der Waals surface area contributed by atoms with Gasteiger partial charge in [0.05, 0.1) is 25.1 Å². The Morgan fingerprint density at radius 1 is 1.23 bits per heavy atom. The first-order valence-electron chi connectivity index (χ1n) is 13.2. The van der Waals surface area contributed by atoms with Gasteiger partial charge in [0.2, 0.25) is 5.95 Å². The lowest BCUT2D eigenvalue weighted by Gasteiger charge is -2.26. The number of nitrogen functional groups attached to an aromatic ring is 1. The van der Waals surface area contributed by atoms with E-state index in [0.29, 0.717) is 42.0 Å². The lowest BCUT2D eigenvalue weighted by molar-refractivity contribution is -0.150. The van der Waals surface area contributed by atoms with E-state index in [9.17, 15) is 4.79 Å². The molecule has 0 bridgehead atoms. The highest BCUT2D eigenvalue weighted by Gasteiger charge is 2.54. The third-order valence-corrected chi connectivity index (χ3v) is 7.91. The van der Waals surface area contributed by atoms with E-state index in [0.717, 1.165) is 5.56 Å². The first kappa shape index (κ1) is 29.9. The summed E-state index contributed by atoms with van der Waals surface area (Å²) in [5.41, 5.74) is 7.37. The third-order valence-electron chi connectivity index (χ3n) is 6.54. The Morgan fingerprint density at radius 3 is 2.52 bits per heavy atom. The number of carbonyl (C=O) groups excluding carboxylic acids is 1. The van der Waals surface area contributed by atoms with Crippen LogP contribution in [-0.2, 0) is 18.8 Å². The molecule has 1 aliphatic carbocycles. The smallest absolute Gasteiger partial charge is 0.327 e. The highest BCUT2D eigenvalue weighted by molar-refractivity contribution is 7.45. The summed E-state index contributed by atoms with van der Waals surface area (Å²) in [6, 6.07) is 7.60. The predicted molar refractivity (Wildman–Crippen MR) is 153 cm³/mol. The number of nitrogens with zero attached hydrogens (tertiary/aromatic N) is 5. The lowest BCUT2D eigenvalue weighted by Crippen LogP contribution is -2.40. The summed E-state index contributed by atoms with van der Waals surface area (Å²) in [6.45, 7) is 7.92. The summed E-state index contributed by atoms with van der Waals surface area (Å²) < 4.78 is 25.6. The van der Waals surface area contributed by atoms with Crippen LogP contribution in [0.2, 0.25) is 0 Å². The number of ether oxygens (including phenoxy) is 2. The molecular formula is C26H39N8O5P. The summed E-state index contributed by atoms with van der Waals surface area (Å²) in [6.07, 6.45) is 3.07. The zero-order chi connectivity index (χ0) is 29.0. The van der Waals surface area contributed by atoms with E-state index in [1.54, 1.807) is 20.5 Å². The molecule has 218 valence electrons. The molecule has 3 aromatic rings. The van der Waals surface area contributed by atoms with E-state index in [-0.39, 0.29) is 36.8 Å². The van der Waals surface area contributed by atoms with Crippen molar-refractivity contribution in [2.75, 3.05) is 31.5 Å². The molecule has 0 amide bonds. The SMILES string of the molecule is COC(COP(NC1(C(=O)OC(C)C)CC1)Oc1ccc(C)cc1)CC(C)n1cnc2c(N(C)N)nc(N)nc21. The summed E-state index contributed by atoms with van der Waals surface area (Å²) >= 11 is 0. The fraction of sp³-hybridized carbons (Fsp3) is 0.538. The second-order valence-electron chi connectivity index (χ2n) is 10.4. The molecule has 1 aromatic carbocycles. The van der Waals surface area contributed by atoms with Gasteiger partial charge in [0, 0.05) is 20.2 Å². The topological polar surface area (TPSA) is 165 Å². The zero-order valence-corrected chi connectivity index (χ0v) is 24.7. The Labute approximate surface area is 235 Å². The summed E-state index contributed by atoms with van der Waals surface area (Å²) in [5.74, 6) is 6.81. The Morgan fingerprint density at radius 2 is 1.93 bits per heavy atom. The van der Waals surface area contributed by atoms with Crippen LogP contribution in [0.15, 0.2) is 30.6 Å². The average Bonchev–Trinajstić information content (AvgIpc) is 3.56. The Kier molecular flexibility index (Phi) is 9.42. The van der Waals surface area contributed by atoms with Crippen LogP contribution in [0.3, 0.4) is 0 Å². The van der Waals surface area contributed by atoms with Crippen molar-refractivity contribution in [1.82, 2.24) is 24.6 Å². The molecule has 0 aliphatic heterocycles. The number of nitrogens with two attached hydrogens (primary N) is 2. The number of hydrazine groups is 1. The van der Waals surface area contributed by atoms with Crippen LogP contribution in [0, 0.1) is 6.92 Å². The summed E-state index contributed by atoms with van der Waals surface area (Å²) in [5, 5.41) is 4.67. The van der Waals surface area contributed by atoms with Crippen LogP contribution in [0.5, 0.6) is 5.75 Å². The Bertz CT molecular complexity index is 1300. The fourth-order valence-electron chi connectivity index (χ4n) is 4.13. The van der Waals surface area contributed by atoms with E-state index in [1.807, 2.05) is 56.5 Å². The molecule has 0 saturated heterocycles. The molecule has 3 atom stereocenters. The number of esters is 1. The standard InChI is InChI=1S/C26H39N8O5P/c1-16(2)38-24(35)26(11-12-26)32-40(39-19-9-7-17(3)8-10-19)37-14-20(36-6)13-18(4)34-15-29-21-22(33(5)28)30-25(27)31-23(21)34/h7-10,15-16,18,20,32H,11-14,28H2,1-6H3,(H2,27,30,31). The molecular weight excluding hydrogens is 535 g/mol. The van der Waals surface area contributed by atoms with Gasteiger partial charge >= 0.3 is 14.5 Å². The first-order chi connectivity index (χ1) is 19.0. The zero-order valence-electron chi connectivity index (χ0n) is 23.8. The maximum Gasteiger partial charge on any atom is 0.327 e. The van der Waals surface area contributed by atoms with Gasteiger partial charge in [0.1, 0.15) is 11.3 Å². The molecule has 40 heavy (non-hydrogen) atoms. The van der Waals surface area contributed by atoms with Gasteiger partial charge in [0.15, 0.2) is 17.0 Å². The largest absolute Gasteiger partial charge is 0.462 e. The number of anilines is 2. The number of rotatable bonds is 14. The molecule has 5 N–H and O–H groups in total. The highest BCUT2D eigenvalue weighted by atomic mass is 31.2. The average molecular weight is 575 g/mol. The van der Waals surface area contributed by atoms with Gasteiger partial charge in [-0.25, -0.2) is 15.9 Å². The van der Waals surface area contributed by atoms with Gasteiger partial charge in [-0.1, -0.05) is 17.7 Å². The minimum Gasteiger partial charge on any atom is -0.462 e. The van der Waals surface area contributed by atoms with Crippen LogP contribution < -0.4 is 26.2 Å². The molecule has 14 heteroatoms. The van der Waals surface area contributed by atoms with Crippen LogP contribution in [0.1, 0.15) is 51.6 Å². The number of benzene rings is 1. The second kappa shape index (κ2) is 12.6. The number of nitrogens with one attached hydrogen (secondary N) is 1. The summed E-state index contributed by atoms with van der Waals surface area (Å²) in [7, 11) is 1.61. The van der Waals surface area contributed by atoms with Crippen LogP contribution in [-0.4, -0.2) is 64.0 Å². The van der Waals surface area contributed by atoms with E-state index < -0.39 is 14.1 Å². The highest BCUT2D eigenvalue weighted by Crippen LogP contribution is 2.47. The van der Waals surface area contributed by atoms with Crippen molar-refractivity contribution in [3.8, 4) is 5.75 Å². The van der Waals surface area contributed by atoms with Crippen LogP contribution >= 0.6 is 8.53 Å². The first-order valence-corrected chi connectivity index (χ1v) is 14.4. The molecule has 2 heterocycles. The van der Waals surface area contributed by atoms with E-state index in [2.05, 4.69) is 20.0 Å². The molecule has 3 unspecified atom stereocenters. The maximum absolute atomic E-state index is 12.8. The molecule has 2 aromatic heterocycles. The number of methoxy groups -OCH3 is 1. The number of hydrogen-bond donors (Lipinski definition) is 3. The van der Waals surface area contributed by atoms with Crippen molar-refractivity contribution in [2.24, 2.45) is 5.84 Å². The monoisotopic (exact) mass is 574 g/mol. The number of aryl methyl sites for hydroxylation is 1. The van der Waals surface area contributed by atoms with Crippen LogP contribution in [0.4, 0.5) is 11.8 Å². The maximum atomic E-state index is 12.8. The minimum absolute atomic E-state index is 0.0724. The lowest BCUT2D eigenvalue weighted by atomic mass is 10.1. The second-order valence-corrected chi connectivity index (χ2v) is 11.6. The van der Waals surface area contributed by atoms with Crippen molar-refractivity contribution >= 4 is 37.4 Å². The van der Waals surface area contributed by atoms with E-state index in [1.165, 1.54) is 5.01 Å². The molecule has 0 radical (unpaired) electrons. The minimum atomic E-state index is -1.69. The van der Waals surface area contributed by atoms with E-state index in [4.69, 9.17) is 30.1 Å². The number of imidazole rings is 1. The van der Waals surface area contributed by atoms with Gasteiger partial charge in [-0.05, 0) is 59.1 Å². The fourth-order valence-corrected chi connectivity index (χ4v) is 5.57. The number of carbonyl (C=O) groups is 1. The van der Waals surface area contributed by atoms with Gasteiger partial charge < -0.3 is 28.8 Å². The van der Waals surface area contributed by atoms with Crippen molar-refractivity contribution in [3.05, 3.63) is 36.2 Å². The molecule has 13 nitrogen and oxygen atoms in total. The van der Waals surface area contributed by atoms with Gasteiger partial charge in [-0.15, -0.1) is 0 Å². The third kappa shape index (κ3) is 7.15. The quantitative estimate of drug-likeness (QED) is 0.111. The van der Waals surface area contributed by atoms with Gasteiger partial charge in [-0.2, -0.15) is 9.97 Å². The Hall–Kier alpha value is -3.09. The van der Waals surface area contributed by atoms with E-state index >= 15 is 0 Å². The molecule has 1 fully saturated rings.